The summed E-state index contributed by atoms with van der Waals surface area (Å²) < 4.78 is 0. The Morgan fingerprint density at radius 3 is 1.30 bits per heavy atom. The van der Waals surface area contributed by atoms with E-state index in [1.807, 2.05) is 30.3 Å². The Balaban J connectivity index is 1.53. The van der Waals surface area contributed by atoms with E-state index in [4.69, 9.17) is 0 Å². The molecule has 0 fully saturated rings. The lowest BCUT2D eigenvalue weighted by atomic mass is 9.77. The third-order valence-corrected chi connectivity index (χ3v) is 9.04. The van der Waals surface area contributed by atoms with Gasteiger partial charge in [-0.15, -0.1) is 0 Å². The molecule has 0 spiro atoms. The molecule has 6 aromatic carbocycles. The van der Waals surface area contributed by atoms with Crippen molar-refractivity contribution in [1.29, 1.82) is 0 Å². The fourth-order valence-electron chi connectivity index (χ4n) is 6.78. The lowest BCUT2D eigenvalue weighted by Crippen LogP contribution is -2.23. The summed E-state index contributed by atoms with van der Waals surface area (Å²) in [5, 5.41) is 3.62. The summed E-state index contributed by atoms with van der Waals surface area (Å²) in [7, 11) is 0. The van der Waals surface area contributed by atoms with Crippen LogP contribution in [0.15, 0.2) is 169 Å². The van der Waals surface area contributed by atoms with Crippen molar-refractivity contribution >= 4 is 17.3 Å². The Hall–Kier alpha value is -5.80. The van der Waals surface area contributed by atoms with Crippen molar-refractivity contribution in [3.05, 3.63) is 220 Å². The van der Waals surface area contributed by atoms with Gasteiger partial charge < -0.3 is 5.32 Å². The number of rotatable bonds is 9. The zero-order valence-electron chi connectivity index (χ0n) is 26.3. The maximum atomic E-state index is 14.0. The number of benzene rings is 6. The van der Waals surface area contributed by atoms with E-state index < -0.39 is 0 Å². The van der Waals surface area contributed by atoms with Gasteiger partial charge in [0.15, 0.2) is 5.78 Å². The molecule has 3 nitrogen and oxygen atoms in total. The minimum absolute atomic E-state index is 0.139. The number of hydrogen-bond acceptors (Lipinski definition) is 3. The minimum Gasteiger partial charge on any atom is -0.352 e. The van der Waals surface area contributed by atoms with Crippen LogP contribution < -0.4 is 5.32 Å². The Kier molecular flexibility index (Phi) is 8.44. The van der Waals surface area contributed by atoms with Gasteiger partial charge in [-0.2, -0.15) is 0 Å². The second-order valence-corrected chi connectivity index (χ2v) is 11.9. The van der Waals surface area contributed by atoms with Crippen molar-refractivity contribution in [3.63, 3.8) is 0 Å². The molecule has 0 saturated carbocycles. The van der Waals surface area contributed by atoms with Gasteiger partial charge >= 0.3 is 0 Å². The van der Waals surface area contributed by atoms with Gasteiger partial charge in [0.05, 0.1) is 5.70 Å². The first kappa shape index (κ1) is 29.9. The van der Waals surface area contributed by atoms with Crippen LogP contribution in [0.2, 0.25) is 0 Å². The number of hydrogen-bond donors (Lipinski definition) is 1. The van der Waals surface area contributed by atoms with Crippen LogP contribution in [0.3, 0.4) is 0 Å². The number of Topliss-reactive ketones (excluding diaryl/α,β-unsaturated/α-hetero) is 1. The molecule has 1 aliphatic carbocycles. The van der Waals surface area contributed by atoms with E-state index in [-0.39, 0.29) is 29.1 Å². The molecule has 1 N–H and O–H groups in total. The highest BCUT2D eigenvalue weighted by atomic mass is 16.1. The molecule has 0 heterocycles. The molecular formula is C44H35NO2. The molecule has 1 aliphatic rings. The van der Waals surface area contributed by atoms with E-state index in [1.54, 1.807) is 18.2 Å². The average molecular weight is 610 g/mol. The SMILES string of the molecule is CCc1cc(C(c2ccccc2)c2ccccc2)c(NC2=CC(=O)c3ccccc3C2=O)c(C(c2ccccc2)c2ccccc2)c1. The fraction of sp³-hybridized carbons (Fsp3) is 0.0909. The molecule has 0 unspecified atom stereocenters. The lowest BCUT2D eigenvalue weighted by molar-refractivity contribution is 0.0985. The molecule has 0 bridgehead atoms. The lowest BCUT2D eigenvalue weighted by Gasteiger charge is -2.30. The zero-order valence-corrected chi connectivity index (χ0v) is 26.3. The largest absolute Gasteiger partial charge is 0.352 e. The van der Waals surface area contributed by atoms with E-state index in [9.17, 15) is 9.59 Å². The van der Waals surface area contributed by atoms with Crippen molar-refractivity contribution in [1.82, 2.24) is 0 Å². The van der Waals surface area contributed by atoms with Crippen LogP contribution in [-0.4, -0.2) is 11.6 Å². The van der Waals surface area contributed by atoms with Crippen molar-refractivity contribution in [2.45, 2.75) is 25.2 Å². The number of fused-ring (bicyclic) bond motifs is 1. The molecule has 0 aliphatic heterocycles. The average Bonchev–Trinajstić information content (AvgIpc) is 3.13. The minimum atomic E-state index is -0.191. The van der Waals surface area contributed by atoms with Crippen molar-refractivity contribution in [2.24, 2.45) is 0 Å². The van der Waals surface area contributed by atoms with Crippen LogP contribution >= 0.6 is 0 Å². The van der Waals surface area contributed by atoms with Crippen LogP contribution in [0.25, 0.3) is 0 Å². The molecule has 6 aromatic rings. The monoisotopic (exact) mass is 609 g/mol. The van der Waals surface area contributed by atoms with Crippen LogP contribution in [0, 0.1) is 0 Å². The van der Waals surface area contributed by atoms with E-state index in [0.717, 1.165) is 45.5 Å². The van der Waals surface area contributed by atoms with Crippen molar-refractivity contribution in [2.75, 3.05) is 5.32 Å². The molecule has 7 rings (SSSR count). The molecule has 0 aromatic heterocycles. The molecule has 3 heteroatoms. The number of ketones is 2. The highest BCUT2D eigenvalue weighted by Gasteiger charge is 2.31. The quantitative estimate of drug-likeness (QED) is 0.166. The van der Waals surface area contributed by atoms with Crippen LogP contribution in [0.5, 0.6) is 0 Å². The third-order valence-electron chi connectivity index (χ3n) is 9.04. The number of nitrogens with one attached hydrogen (secondary N) is 1. The van der Waals surface area contributed by atoms with Gasteiger partial charge in [-0.3, -0.25) is 9.59 Å². The summed E-state index contributed by atoms with van der Waals surface area (Å²) >= 11 is 0. The van der Waals surface area contributed by atoms with Gasteiger partial charge in [-0.1, -0.05) is 165 Å². The van der Waals surface area contributed by atoms with E-state index >= 15 is 0 Å². The Labute approximate surface area is 276 Å². The number of carbonyl (C=O) groups excluding carboxylic acids is 2. The van der Waals surface area contributed by atoms with Crippen LogP contribution in [0.1, 0.15) is 78.4 Å². The molecule has 0 saturated heterocycles. The number of aryl methyl sites for hydroxylation is 1. The first-order chi connectivity index (χ1) is 23.1. The van der Waals surface area contributed by atoms with E-state index in [2.05, 4.69) is 121 Å². The summed E-state index contributed by atoms with van der Waals surface area (Å²) in [5.41, 5.74) is 9.82. The van der Waals surface area contributed by atoms with Crippen LogP contribution in [-0.2, 0) is 6.42 Å². The van der Waals surface area contributed by atoms with Crippen LogP contribution in [0.4, 0.5) is 5.69 Å². The smallest absolute Gasteiger partial charge is 0.210 e. The first-order valence-corrected chi connectivity index (χ1v) is 16.2. The Morgan fingerprint density at radius 2 is 0.894 bits per heavy atom. The van der Waals surface area contributed by atoms with Crippen molar-refractivity contribution < 1.29 is 9.59 Å². The Morgan fingerprint density at radius 1 is 0.511 bits per heavy atom. The predicted molar refractivity (Wildman–Crippen MR) is 190 cm³/mol. The maximum absolute atomic E-state index is 14.0. The molecule has 0 atom stereocenters. The molecule has 0 radical (unpaired) electrons. The molecule has 47 heavy (non-hydrogen) atoms. The topological polar surface area (TPSA) is 46.2 Å². The molecule has 0 amide bonds. The summed E-state index contributed by atoms with van der Waals surface area (Å²) in [6.07, 6.45) is 2.30. The molecular weight excluding hydrogens is 574 g/mol. The number of anilines is 1. The highest BCUT2D eigenvalue weighted by molar-refractivity contribution is 6.25. The molecule has 228 valence electrons. The first-order valence-electron chi connectivity index (χ1n) is 16.2. The van der Waals surface area contributed by atoms with Crippen molar-refractivity contribution in [3.8, 4) is 0 Å². The number of allylic oxidation sites excluding steroid dienone is 2. The van der Waals surface area contributed by atoms with Gasteiger partial charge in [0.25, 0.3) is 0 Å². The third kappa shape index (κ3) is 5.96. The van der Waals surface area contributed by atoms with Gasteiger partial charge in [0.2, 0.25) is 5.78 Å². The second-order valence-electron chi connectivity index (χ2n) is 11.9. The summed E-state index contributed by atoms with van der Waals surface area (Å²) in [6, 6.07) is 53.6. The van der Waals surface area contributed by atoms with E-state index in [0.29, 0.717) is 11.1 Å². The summed E-state index contributed by atoms with van der Waals surface area (Å²) in [4.78, 5) is 27.4. The maximum Gasteiger partial charge on any atom is 0.210 e. The zero-order chi connectivity index (χ0) is 32.2. The fourth-order valence-corrected chi connectivity index (χ4v) is 6.78. The van der Waals surface area contributed by atoms with E-state index in [1.165, 1.54) is 11.6 Å². The summed E-state index contributed by atoms with van der Waals surface area (Å²) in [5.74, 6) is -0.649. The predicted octanol–water partition coefficient (Wildman–Crippen LogP) is 9.98. The Bertz CT molecular complexity index is 1880. The van der Waals surface area contributed by atoms with Gasteiger partial charge in [0, 0.05) is 34.7 Å². The van der Waals surface area contributed by atoms with Gasteiger partial charge in [0.1, 0.15) is 0 Å². The number of carbonyl (C=O) groups is 2. The standard InChI is InChI=1S/C44H35NO2/c1-2-30-27-37(41(31-17-7-3-8-18-31)32-19-9-4-10-20-32)43(45-39-29-40(46)35-25-15-16-26-36(35)44(39)47)38(28-30)42(33-21-11-5-12-22-33)34-23-13-6-14-24-34/h3-29,41-42,45H,2H2,1H3. The summed E-state index contributed by atoms with van der Waals surface area (Å²) in [6.45, 7) is 2.18. The second kappa shape index (κ2) is 13.3. The van der Waals surface area contributed by atoms with Gasteiger partial charge in [-0.05, 0) is 45.4 Å². The highest BCUT2D eigenvalue weighted by Crippen LogP contribution is 2.45. The van der Waals surface area contributed by atoms with Gasteiger partial charge in [-0.25, -0.2) is 0 Å². The normalized spacial score (nSPS) is 12.6.